The molecule has 2 aromatic heterocycles. The zero-order chi connectivity index (χ0) is 23.7. The number of hydrogen-bond acceptors (Lipinski definition) is 7. The topological polar surface area (TPSA) is 81.2 Å². The Kier molecular flexibility index (Phi) is 6.16. The fourth-order valence-electron chi connectivity index (χ4n) is 4.26. The van der Waals surface area contributed by atoms with Crippen LogP contribution in [0.25, 0.3) is 16.4 Å². The lowest BCUT2D eigenvalue weighted by Gasteiger charge is -2.35. The molecular weight excluding hydrogens is 442 g/mol. The molecule has 8 nitrogen and oxygen atoms in total. The number of pyridine rings is 1. The largest absolute Gasteiger partial charge is 0.491 e. The van der Waals surface area contributed by atoms with E-state index in [0.29, 0.717) is 36.6 Å². The number of benzene rings is 2. The lowest BCUT2D eigenvalue weighted by Crippen LogP contribution is -2.46. The van der Waals surface area contributed by atoms with Crippen molar-refractivity contribution in [3.8, 4) is 5.75 Å². The van der Waals surface area contributed by atoms with E-state index < -0.39 is 11.6 Å². The summed E-state index contributed by atoms with van der Waals surface area (Å²) in [5.41, 5.74) is 7.57. The van der Waals surface area contributed by atoms with Crippen molar-refractivity contribution >= 4 is 27.9 Å². The molecule has 1 saturated heterocycles. The predicted octanol–water partition coefficient (Wildman–Crippen LogP) is 3.09. The summed E-state index contributed by atoms with van der Waals surface area (Å²) in [6, 6.07) is 11.6. The van der Waals surface area contributed by atoms with Crippen LogP contribution in [-0.4, -0.2) is 66.0 Å². The van der Waals surface area contributed by atoms with Gasteiger partial charge in [0.1, 0.15) is 29.8 Å². The van der Waals surface area contributed by atoms with Gasteiger partial charge in [-0.2, -0.15) is 4.52 Å². The molecule has 0 aliphatic carbocycles. The van der Waals surface area contributed by atoms with Crippen molar-refractivity contribution in [3.63, 3.8) is 0 Å². The lowest BCUT2D eigenvalue weighted by molar-refractivity contribution is 0.146. The molecule has 34 heavy (non-hydrogen) atoms. The van der Waals surface area contributed by atoms with E-state index in [9.17, 15) is 8.78 Å². The molecule has 3 heterocycles. The number of ether oxygens (including phenoxy) is 2. The van der Waals surface area contributed by atoms with Crippen LogP contribution in [0.1, 0.15) is 5.82 Å². The first-order chi connectivity index (χ1) is 16.5. The van der Waals surface area contributed by atoms with Crippen molar-refractivity contribution < 1.29 is 18.3 Å². The van der Waals surface area contributed by atoms with E-state index in [0.717, 1.165) is 43.7 Å². The van der Waals surface area contributed by atoms with Gasteiger partial charge in [-0.1, -0.05) is 0 Å². The molecule has 1 fully saturated rings. The second-order valence-electron chi connectivity index (χ2n) is 8.28. The van der Waals surface area contributed by atoms with Crippen LogP contribution in [0, 0.1) is 11.6 Å². The molecular formula is C24H26F2N6O2. The molecule has 2 N–H and O–H groups in total. The number of anilines is 2. The average molecular weight is 469 g/mol. The Morgan fingerprint density at radius 1 is 0.971 bits per heavy atom. The summed E-state index contributed by atoms with van der Waals surface area (Å²) in [6.07, 6.45) is 0. The number of methoxy groups -OCH3 is 1. The monoisotopic (exact) mass is 468 g/mol. The van der Waals surface area contributed by atoms with Gasteiger partial charge in [-0.15, -0.1) is 5.10 Å². The number of aromatic nitrogens is 3. The second-order valence-corrected chi connectivity index (χ2v) is 8.28. The number of rotatable bonds is 7. The van der Waals surface area contributed by atoms with Crippen LogP contribution in [0.15, 0.2) is 42.5 Å². The smallest absolute Gasteiger partial charge is 0.166 e. The van der Waals surface area contributed by atoms with Gasteiger partial charge in [-0.3, -0.25) is 4.90 Å². The van der Waals surface area contributed by atoms with Crippen molar-refractivity contribution in [1.82, 2.24) is 19.5 Å². The lowest BCUT2D eigenvalue weighted by atomic mass is 10.1. The van der Waals surface area contributed by atoms with Gasteiger partial charge in [0.25, 0.3) is 0 Å². The highest BCUT2D eigenvalue weighted by molar-refractivity contribution is 5.96. The summed E-state index contributed by atoms with van der Waals surface area (Å²) < 4.78 is 40.1. The highest BCUT2D eigenvalue weighted by Gasteiger charge is 2.20. The van der Waals surface area contributed by atoms with Gasteiger partial charge in [0, 0.05) is 55.8 Å². The van der Waals surface area contributed by atoms with Crippen molar-refractivity contribution in [2.45, 2.75) is 6.54 Å². The third-order valence-corrected chi connectivity index (χ3v) is 6.02. The maximum absolute atomic E-state index is 14.2. The summed E-state index contributed by atoms with van der Waals surface area (Å²) >= 11 is 0. The quantitative estimate of drug-likeness (QED) is 0.418. The number of nitrogens with two attached hydrogens (primary N) is 1. The first-order valence-corrected chi connectivity index (χ1v) is 11.1. The van der Waals surface area contributed by atoms with E-state index in [-0.39, 0.29) is 11.2 Å². The third kappa shape index (κ3) is 4.46. The fourth-order valence-corrected chi connectivity index (χ4v) is 4.26. The zero-order valence-corrected chi connectivity index (χ0v) is 18.9. The number of nitrogens with zero attached hydrogens (tertiary/aromatic N) is 5. The fraction of sp³-hybridized carbons (Fsp3) is 0.333. The molecule has 0 spiro atoms. The van der Waals surface area contributed by atoms with Gasteiger partial charge < -0.3 is 20.1 Å². The van der Waals surface area contributed by atoms with Gasteiger partial charge in [-0.05, 0) is 36.4 Å². The minimum atomic E-state index is -0.667. The van der Waals surface area contributed by atoms with Crippen LogP contribution in [0.4, 0.5) is 20.3 Å². The highest BCUT2D eigenvalue weighted by atomic mass is 19.1. The molecule has 2 aromatic carbocycles. The Bertz CT molecular complexity index is 1300. The van der Waals surface area contributed by atoms with E-state index in [4.69, 9.17) is 15.2 Å². The molecule has 1 aliphatic rings. The number of nitrogen functional groups attached to an aromatic ring is 1. The standard InChI is InChI=1S/C24H26F2N6O2/c1-33-10-11-34-18-4-2-17(3-5-18)31-8-6-30(7-9-31)15-23-28-24-20-12-16(25)13-21(26)19(20)14-22(27)32(24)29-23/h2-5,12-14H,6-11,15,27H2,1H3. The normalized spacial score (nSPS) is 14.9. The van der Waals surface area contributed by atoms with Crippen molar-refractivity contribution in [2.24, 2.45) is 0 Å². The molecule has 4 aromatic rings. The van der Waals surface area contributed by atoms with Crippen molar-refractivity contribution in [1.29, 1.82) is 0 Å². The number of hydrogen-bond donors (Lipinski definition) is 1. The van der Waals surface area contributed by atoms with E-state index in [1.807, 2.05) is 12.1 Å². The predicted molar refractivity (Wildman–Crippen MR) is 126 cm³/mol. The number of fused-ring (bicyclic) bond motifs is 3. The average Bonchev–Trinajstić information content (AvgIpc) is 3.26. The summed E-state index contributed by atoms with van der Waals surface area (Å²) in [5, 5.41) is 5.07. The summed E-state index contributed by atoms with van der Waals surface area (Å²) in [5.74, 6) is 0.316. The van der Waals surface area contributed by atoms with Crippen LogP contribution in [0.2, 0.25) is 0 Å². The Morgan fingerprint density at radius 2 is 1.74 bits per heavy atom. The van der Waals surface area contributed by atoms with E-state index in [1.54, 1.807) is 7.11 Å². The molecule has 0 radical (unpaired) electrons. The van der Waals surface area contributed by atoms with Crippen molar-refractivity contribution in [2.75, 3.05) is 57.1 Å². The summed E-state index contributed by atoms with van der Waals surface area (Å²) in [6.45, 7) is 5.00. The summed E-state index contributed by atoms with van der Waals surface area (Å²) in [4.78, 5) is 9.14. The summed E-state index contributed by atoms with van der Waals surface area (Å²) in [7, 11) is 1.65. The van der Waals surface area contributed by atoms with Gasteiger partial charge in [0.15, 0.2) is 11.5 Å². The highest BCUT2D eigenvalue weighted by Crippen LogP contribution is 2.26. The maximum Gasteiger partial charge on any atom is 0.166 e. The van der Waals surface area contributed by atoms with Gasteiger partial charge in [-0.25, -0.2) is 13.8 Å². The Morgan fingerprint density at radius 3 is 2.47 bits per heavy atom. The molecule has 0 bridgehead atoms. The molecule has 5 rings (SSSR count). The van der Waals surface area contributed by atoms with E-state index in [2.05, 4.69) is 32.0 Å². The number of piperazine rings is 1. The van der Waals surface area contributed by atoms with Crippen LogP contribution < -0.4 is 15.4 Å². The molecule has 0 amide bonds. The van der Waals surface area contributed by atoms with Crippen LogP contribution in [-0.2, 0) is 11.3 Å². The first kappa shape index (κ1) is 22.3. The minimum Gasteiger partial charge on any atom is -0.491 e. The Labute approximate surface area is 195 Å². The van der Waals surface area contributed by atoms with Crippen LogP contribution >= 0.6 is 0 Å². The molecule has 0 atom stereocenters. The molecule has 0 saturated carbocycles. The molecule has 0 unspecified atom stereocenters. The second kappa shape index (κ2) is 9.40. The maximum atomic E-state index is 14.2. The van der Waals surface area contributed by atoms with Gasteiger partial charge in [0.05, 0.1) is 13.2 Å². The van der Waals surface area contributed by atoms with Gasteiger partial charge >= 0.3 is 0 Å². The van der Waals surface area contributed by atoms with Crippen LogP contribution in [0.5, 0.6) is 5.75 Å². The molecule has 10 heteroatoms. The van der Waals surface area contributed by atoms with E-state index >= 15 is 0 Å². The SMILES string of the molecule is COCCOc1ccc(N2CCN(Cc3nc4c5cc(F)cc(F)c5cc(N)n4n3)CC2)cc1. The Hall–Kier alpha value is -3.50. The van der Waals surface area contributed by atoms with E-state index in [1.165, 1.54) is 16.6 Å². The van der Waals surface area contributed by atoms with Crippen molar-refractivity contribution in [3.05, 3.63) is 59.9 Å². The molecule has 1 aliphatic heterocycles. The first-order valence-electron chi connectivity index (χ1n) is 11.1. The van der Waals surface area contributed by atoms with Gasteiger partial charge in [0.2, 0.25) is 0 Å². The zero-order valence-electron chi connectivity index (χ0n) is 18.9. The minimum absolute atomic E-state index is 0.231. The van der Waals surface area contributed by atoms with Crippen LogP contribution in [0.3, 0.4) is 0 Å². The third-order valence-electron chi connectivity index (χ3n) is 6.02. The molecule has 178 valence electrons. The number of halogens is 2. The Balaban J connectivity index is 1.25.